The summed E-state index contributed by atoms with van der Waals surface area (Å²) in [7, 11) is 0. The van der Waals surface area contributed by atoms with E-state index >= 15 is 0 Å². The Kier molecular flexibility index (Phi) is 5.41. The summed E-state index contributed by atoms with van der Waals surface area (Å²) in [5.41, 5.74) is 9.52. The van der Waals surface area contributed by atoms with E-state index < -0.39 is 5.97 Å². The van der Waals surface area contributed by atoms with Crippen LogP contribution < -0.4 is 22.7 Å². The van der Waals surface area contributed by atoms with Gasteiger partial charge in [-0.25, -0.2) is 9.97 Å². The summed E-state index contributed by atoms with van der Waals surface area (Å²) in [4.78, 5) is 19.8. The van der Waals surface area contributed by atoms with Crippen molar-refractivity contribution in [2.45, 2.75) is 26.8 Å². The van der Waals surface area contributed by atoms with Crippen molar-refractivity contribution in [3.05, 3.63) is 33.7 Å². The maximum atomic E-state index is 10.7. The SMILES string of the molecule is Cc1ncc(C[n+]2csc(CC(=O)O)c2C)c(N)n1.[Cl-]. The lowest BCUT2D eigenvalue weighted by atomic mass is 10.2. The molecule has 0 aliphatic rings. The van der Waals surface area contributed by atoms with Gasteiger partial charge < -0.3 is 23.2 Å². The van der Waals surface area contributed by atoms with E-state index in [0.717, 1.165) is 16.1 Å². The van der Waals surface area contributed by atoms with E-state index in [1.165, 1.54) is 11.3 Å². The molecule has 0 radical (unpaired) electrons. The summed E-state index contributed by atoms with van der Waals surface area (Å²) in [6, 6.07) is 0. The first-order valence-corrected chi connectivity index (χ1v) is 6.61. The first kappa shape index (κ1) is 16.3. The predicted molar refractivity (Wildman–Crippen MR) is 70.9 cm³/mol. The van der Waals surface area contributed by atoms with Crippen molar-refractivity contribution in [2.24, 2.45) is 0 Å². The molecule has 8 heteroatoms. The molecule has 0 aromatic carbocycles. The van der Waals surface area contributed by atoms with Gasteiger partial charge in [-0.15, -0.1) is 0 Å². The lowest BCUT2D eigenvalue weighted by Gasteiger charge is -2.01. The smallest absolute Gasteiger partial charge is 0.308 e. The highest BCUT2D eigenvalue weighted by Crippen LogP contribution is 2.14. The topological polar surface area (TPSA) is 93.0 Å². The number of carbonyl (C=O) groups is 1. The molecule has 0 aliphatic heterocycles. The number of aromatic nitrogens is 3. The van der Waals surface area contributed by atoms with Crippen LogP contribution in [0.3, 0.4) is 0 Å². The van der Waals surface area contributed by atoms with Gasteiger partial charge in [0.25, 0.3) is 0 Å². The Balaban J connectivity index is 0.00000200. The van der Waals surface area contributed by atoms with Gasteiger partial charge in [0.05, 0.1) is 16.9 Å². The largest absolute Gasteiger partial charge is 1.00 e. The third-order valence-electron chi connectivity index (χ3n) is 2.83. The zero-order valence-electron chi connectivity index (χ0n) is 11.1. The standard InChI is InChI=1S/C12H14N4O2S.ClH/c1-7-10(3-11(17)18)19-6-16(7)5-9-4-14-8(2)15-12(9)13;/h4,6H,3,5H2,1-2H3,(H2-,13,14,15,17,18);1H. The number of halogens is 1. The Labute approximate surface area is 126 Å². The van der Waals surface area contributed by atoms with E-state index in [9.17, 15) is 4.79 Å². The first-order chi connectivity index (χ1) is 8.97. The number of carboxylic acid groups (broad SMARTS) is 1. The fourth-order valence-electron chi connectivity index (χ4n) is 1.73. The highest BCUT2D eigenvalue weighted by atomic mass is 35.5. The van der Waals surface area contributed by atoms with Gasteiger partial charge in [-0.1, -0.05) is 11.3 Å². The molecule has 3 N–H and O–H groups in total. The maximum Gasteiger partial charge on any atom is 0.308 e. The van der Waals surface area contributed by atoms with E-state index in [2.05, 4.69) is 9.97 Å². The van der Waals surface area contributed by atoms with E-state index in [4.69, 9.17) is 10.8 Å². The van der Waals surface area contributed by atoms with Crippen LogP contribution in [0.4, 0.5) is 5.82 Å². The van der Waals surface area contributed by atoms with Gasteiger partial charge >= 0.3 is 5.97 Å². The van der Waals surface area contributed by atoms with Crippen LogP contribution >= 0.6 is 11.3 Å². The number of nitrogens with two attached hydrogens (primary N) is 1. The molecule has 0 saturated carbocycles. The molecule has 2 rings (SSSR count). The van der Waals surface area contributed by atoms with Crippen molar-refractivity contribution >= 4 is 23.1 Å². The number of nitrogens with zero attached hydrogens (tertiary/aromatic N) is 3. The average molecular weight is 315 g/mol. The van der Waals surface area contributed by atoms with Gasteiger partial charge in [0.15, 0.2) is 12.2 Å². The Morgan fingerprint density at radius 2 is 2.20 bits per heavy atom. The van der Waals surface area contributed by atoms with E-state index in [1.54, 1.807) is 13.1 Å². The van der Waals surface area contributed by atoms with Crippen LogP contribution in [-0.2, 0) is 17.8 Å². The van der Waals surface area contributed by atoms with Crippen molar-refractivity contribution in [3.63, 3.8) is 0 Å². The summed E-state index contributed by atoms with van der Waals surface area (Å²) in [5.74, 6) is 0.278. The van der Waals surface area contributed by atoms with Gasteiger partial charge in [0.2, 0.25) is 5.51 Å². The van der Waals surface area contributed by atoms with Crippen molar-refractivity contribution < 1.29 is 26.9 Å². The zero-order chi connectivity index (χ0) is 14.0. The number of thiazole rings is 1. The summed E-state index contributed by atoms with van der Waals surface area (Å²) in [6.45, 7) is 4.24. The summed E-state index contributed by atoms with van der Waals surface area (Å²) < 4.78 is 1.97. The second-order valence-electron chi connectivity index (χ2n) is 4.26. The Hall–Kier alpha value is -1.73. The van der Waals surface area contributed by atoms with Crippen molar-refractivity contribution in [2.75, 3.05) is 5.73 Å². The van der Waals surface area contributed by atoms with Crippen LogP contribution in [-0.4, -0.2) is 21.0 Å². The average Bonchev–Trinajstić information content (AvgIpc) is 2.64. The maximum absolute atomic E-state index is 10.7. The molecule has 0 unspecified atom stereocenters. The second-order valence-corrected chi connectivity index (χ2v) is 5.20. The highest BCUT2D eigenvalue weighted by molar-refractivity contribution is 7.09. The van der Waals surface area contributed by atoms with Crippen LogP contribution in [0, 0.1) is 13.8 Å². The minimum absolute atomic E-state index is 0. The van der Waals surface area contributed by atoms with Crippen molar-refractivity contribution in [1.82, 2.24) is 9.97 Å². The molecule has 6 nitrogen and oxygen atoms in total. The van der Waals surface area contributed by atoms with E-state index in [0.29, 0.717) is 18.2 Å². The number of nitrogen functional groups attached to an aromatic ring is 1. The Morgan fingerprint density at radius 1 is 1.50 bits per heavy atom. The number of hydrogen-bond donors (Lipinski definition) is 2. The Bertz CT molecular complexity index is 630. The normalized spacial score (nSPS) is 10.1. The van der Waals surface area contributed by atoms with Crippen LogP contribution in [0.25, 0.3) is 0 Å². The minimum atomic E-state index is -0.824. The number of carboxylic acids is 1. The fraction of sp³-hybridized carbons (Fsp3) is 0.333. The molecule has 0 spiro atoms. The number of aliphatic carboxylic acids is 1. The molecule has 20 heavy (non-hydrogen) atoms. The lowest BCUT2D eigenvalue weighted by Crippen LogP contribution is -3.00. The molecule has 0 bridgehead atoms. The molecular weight excluding hydrogens is 300 g/mol. The third kappa shape index (κ3) is 3.64. The lowest BCUT2D eigenvalue weighted by molar-refractivity contribution is -0.689. The van der Waals surface area contributed by atoms with Gasteiger partial charge in [-0.2, -0.15) is 4.57 Å². The van der Waals surface area contributed by atoms with Gasteiger partial charge in [-0.05, 0) is 6.92 Å². The zero-order valence-corrected chi connectivity index (χ0v) is 12.7. The van der Waals surface area contributed by atoms with Gasteiger partial charge in [-0.3, -0.25) is 4.79 Å². The number of aryl methyl sites for hydroxylation is 1. The molecule has 2 aromatic heterocycles. The van der Waals surface area contributed by atoms with Crippen LogP contribution in [0.1, 0.15) is 22.0 Å². The summed E-state index contributed by atoms with van der Waals surface area (Å²) in [6.07, 6.45) is 1.75. The number of rotatable bonds is 4. The number of anilines is 1. The molecule has 0 atom stereocenters. The predicted octanol–water partition coefficient (Wildman–Crippen LogP) is -2.30. The molecule has 0 saturated heterocycles. The van der Waals surface area contributed by atoms with Gasteiger partial charge in [0.1, 0.15) is 11.6 Å². The molecule has 0 aliphatic carbocycles. The van der Waals surface area contributed by atoms with E-state index in [-0.39, 0.29) is 18.8 Å². The minimum Gasteiger partial charge on any atom is -1.00 e. The Morgan fingerprint density at radius 3 is 2.80 bits per heavy atom. The molecule has 108 valence electrons. The molecule has 2 heterocycles. The quantitative estimate of drug-likeness (QED) is 0.619. The molecular formula is C12H15ClN4O2S. The first-order valence-electron chi connectivity index (χ1n) is 5.73. The monoisotopic (exact) mass is 314 g/mol. The second kappa shape index (κ2) is 6.62. The highest BCUT2D eigenvalue weighted by Gasteiger charge is 2.19. The third-order valence-corrected chi connectivity index (χ3v) is 3.91. The van der Waals surface area contributed by atoms with E-state index in [1.807, 2.05) is 17.0 Å². The van der Waals surface area contributed by atoms with Gasteiger partial charge in [0, 0.05) is 13.1 Å². The molecule has 0 amide bonds. The van der Waals surface area contributed by atoms with Crippen molar-refractivity contribution in [3.8, 4) is 0 Å². The van der Waals surface area contributed by atoms with Crippen LogP contribution in [0.15, 0.2) is 11.7 Å². The molecule has 2 aromatic rings. The molecule has 0 fully saturated rings. The number of hydrogen-bond acceptors (Lipinski definition) is 5. The van der Waals surface area contributed by atoms with Crippen LogP contribution in [0.2, 0.25) is 0 Å². The summed E-state index contributed by atoms with van der Waals surface area (Å²) >= 11 is 1.43. The van der Waals surface area contributed by atoms with Crippen LogP contribution in [0.5, 0.6) is 0 Å². The van der Waals surface area contributed by atoms with Crippen molar-refractivity contribution in [1.29, 1.82) is 0 Å². The fourth-order valence-corrected chi connectivity index (χ4v) is 2.71. The summed E-state index contributed by atoms with van der Waals surface area (Å²) in [5, 5.41) is 8.82.